The minimum absolute atomic E-state index is 0.133. The molecule has 0 aliphatic carbocycles. The van der Waals surface area contributed by atoms with Gasteiger partial charge in [0.1, 0.15) is 11.5 Å². The van der Waals surface area contributed by atoms with Crippen LogP contribution < -0.4 is 10.2 Å². The summed E-state index contributed by atoms with van der Waals surface area (Å²) in [6, 6.07) is 11.6. The Morgan fingerprint density at radius 1 is 1.17 bits per heavy atom. The van der Waals surface area contributed by atoms with Gasteiger partial charge in [-0.15, -0.1) is 0 Å². The minimum Gasteiger partial charge on any atom is -0.356 e. The smallest absolute Gasteiger partial charge is 0.270 e. The highest BCUT2D eigenvalue weighted by molar-refractivity contribution is 5.93. The fourth-order valence-electron chi connectivity index (χ4n) is 2.70. The molecule has 1 aliphatic rings. The molecule has 3 rings (SSSR count). The van der Waals surface area contributed by atoms with E-state index in [1.54, 1.807) is 0 Å². The zero-order valence-electron chi connectivity index (χ0n) is 13.5. The number of aromatic nitrogens is 2. The first kappa shape index (κ1) is 15.5. The quantitative estimate of drug-likeness (QED) is 0.922. The lowest BCUT2D eigenvalue weighted by Crippen LogP contribution is -2.26. The van der Waals surface area contributed by atoms with Crippen LogP contribution in [0.25, 0.3) is 11.4 Å². The van der Waals surface area contributed by atoms with Crippen LogP contribution in [0.5, 0.6) is 0 Å². The lowest BCUT2D eigenvalue weighted by atomic mass is 10.2. The van der Waals surface area contributed by atoms with Crippen LogP contribution >= 0.6 is 0 Å². The monoisotopic (exact) mass is 310 g/mol. The molecule has 0 radical (unpaired) electrons. The number of nitrogens with one attached hydrogen (secondary N) is 1. The molecule has 5 nitrogen and oxygen atoms in total. The second-order valence-corrected chi connectivity index (χ2v) is 5.75. The van der Waals surface area contributed by atoms with Crippen molar-refractivity contribution in [3.8, 4) is 11.4 Å². The van der Waals surface area contributed by atoms with E-state index in [0.29, 0.717) is 18.1 Å². The van der Waals surface area contributed by atoms with Gasteiger partial charge in [0.2, 0.25) is 0 Å². The van der Waals surface area contributed by atoms with Crippen molar-refractivity contribution in [3.05, 3.63) is 42.1 Å². The number of carbonyl (C=O) groups excluding carboxylic acids is 1. The summed E-state index contributed by atoms with van der Waals surface area (Å²) in [5, 5.41) is 2.90. The van der Waals surface area contributed by atoms with Crippen molar-refractivity contribution in [2.45, 2.75) is 26.2 Å². The fourth-order valence-corrected chi connectivity index (χ4v) is 2.70. The Kier molecular flexibility index (Phi) is 4.86. The fraction of sp³-hybridized carbons (Fsp3) is 0.389. The van der Waals surface area contributed by atoms with Crippen LogP contribution in [0.3, 0.4) is 0 Å². The molecule has 1 N–H and O–H groups in total. The Morgan fingerprint density at radius 2 is 1.91 bits per heavy atom. The first-order valence-corrected chi connectivity index (χ1v) is 8.25. The Balaban J connectivity index is 1.98. The van der Waals surface area contributed by atoms with E-state index >= 15 is 0 Å². The number of rotatable bonds is 5. The highest BCUT2D eigenvalue weighted by atomic mass is 16.1. The van der Waals surface area contributed by atoms with Gasteiger partial charge >= 0.3 is 0 Å². The van der Waals surface area contributed by atoms with Crippen molar-refractivity contribution in [2.24, 2.45) is 0 Å². The lowest BCUT2D eigenvalue weighted by Gasteiger charge is -2.18. The Bertz CT molecular complexity index is 666. The predicted octanol–water partition coefficient (Wildman–Crippen LogP) is 2.88. The number of amides is 1. The summed E-state index contributed by atoms with van der Waals surface area (Å²) >= 11 is 0. The van der Waals surface area contributed by atoms with Gasteiger partial charge in [0.05, 0.1) is 0 Å². The van der Waals surface area contributed by atoms with Gasteiger partial charge in [-0.1, -0.05) is 37.3 Å². The summed E-state index contributed by atoms with van der Waals surface area (Å²) in [5.74, 6) is 1.32. The second-order valence-electron chi connectivity index (χ2n) is 5.75. The third kappa shape index (κ3) is 3.67. The summed E-state index contributed by atoms with van der Waals surface area (Å²) in [7, 11) is 0. The van der Waals surface area contributed by atoms with E-state index in [9.17, 15) is 4.79 Å². The molecule has 1 aliphatic heterocycles. The number of nitrogens with zero attached hydrogens (tertiary/aromatic N) is 3. The average Bonchev–Trinajstić information content (AvgIpc) is 3.14. The van der Waals surface area contributed by atoms with Crippen LogP contribution in [0.2, 0.25) is 0 Å². The molecule has 0 unspecified atom stereocenters. The maximum Gasteiger partial charge on any atom is 0.270 e. The van der Waals surface area contributed by atoms with Gasteiger partial charge in [0.25, 0.3) is 5.91 Å². The van der Waals surface area contributed by atoms with Crippen molar-refractivity contribution in [1.82, 2.24) is 15.3 Å². The highest BCUT2D eigenvalue weighted by Crippen LogP contribution is 2.23. The van der Waals surface area contributed by atoms with E-state index in [4.69, 9.17) is 0 Å². The molecule has 2 heterocycles. The zero-order chi connectivity index (χ0) is 16.1. The topological polar surface area (TPSA) is 58.1 Å². The second kappa shape index (κ2) is 7.22. The molecule has 1 aromatic heterocycles. The van der Waals surface area contributed by atoms with Crippen LogP contribution in [0.15, 0.2) is 36.4 Å². The highest BCUT2D eigenvalue weighted by Gasteiger charge is 2.18. The molecular formula is C18H22N4O. The van der Waals surface area contributed by atoms with Crippen molar-refractivity contribution in [1.29, 1.82) is 0 Å². The van der Waals surface area contributed by atoms with Crippen LogP contribution in [0.1, 0.15) is 36.7 Å². The molecule has 0 saturated carbocycles. The number of hydrogen-bond donors (Lipinski definition) is 1. The number of benzene rings is 1. The summed E-state index contributed by atoms with van der Waals surface area (Å²) in [4.78, 5) is 23.7. The summed E-state index contributed by atoms with van der Waals surface area (Å²) in [6.45, 7) is 4.66. The maximum atomic E-state index is 12.3. The Labute approximate surface area is 136 Å². The van der Waals surface area contributed by atoms with E-state index in [1.165, 1.54) is 12.8 Å². The zero-order valence-corrected chi connectivity index (χ0v) is 13.5. The van der Waals surface area contributed by atoms with Crippen LogP contribution in [-0.2, 0) is 0 Å². The van der Waals surface area contributed by atoms with E-state index in [1.807, 2.05) is 43.3 Å². The Hall–Kier alpha value is -2.43. The molecular weight excluding hydrogens is 288 g/mol. The van der Waals surface area contributed by atoms with Crippen LogP contribution in [0, 0.1) is 0 Å². The van der Waals surface area contributed by atoms with E-state index in [0.717, 1.165) is 30.9 Å². The van der Waals surface area contributed by atoms with E-state index < -0.39 is 0 Å². The molecule has 120 valence electrons. The first-order valence-electron chi connectivity index (χ1n) is 8.25. The predicted molar refractivity (Wildman–Crippen MR) is 91.5 cm³/mol. The Morgan fingerprint density at radius 3 is 2.61 bits per heavy atom. The third-order valence-electron chi connectivity index (χ3n) is 3.94. The number of hydrogen-bond acceptors (Lipinski definition) is 4. The standard InChI is InChI=1S/C18H22N4O/c1-2-10-19-18(23)15-13-16(22-11-6-7-12-22)21-17(20-15)14-8-4-3-5-9-14/h3-5,8-9,13H,2,6-7,10-12H2,1H3,(H,19,23). The van der Waals surface area contributed by atoms with Gasteiger partial charge in [0.15, 0.2) is 5.82 Å². The lowest BCUT2D eigenvalue weighted by molar-refractivity contribution is 0.0948. The SMILES string of the molecule is CCCNC(=O)c1cc(N2CCCC2)nc(-c2ccccc2)n1. The number of anilines is 1. The van der Waals surface area contributed by atoms with Gasteiger partial charge in [-0.2, -0.15) is 0 Å². The van der Waals surface area contributed by atoms with Crippen LogP contribution in [0.4, 0.5) is 5.82 Å². The van der Waals surface area contributed by atoms with E-state index in [2.05, 4.69) is 20.2 Å². The van der Waals surface area contributed by atoms with Gasteiger partial charge in [-0.25, -0.2) is 9.97 Å². The maximum absolute atomic E-state index is 12.3. The molecule has 0 bridgehead atoms. The number of carbonyl (C=O) groups is 1. The average molecular weight is 310 g/mol. The minimum atomic E-state index is -0.133. The third-order valence-corrected chi connectivity index (χ3v) is 3.94. The van der Waals surface area contributed by atoms with Crippen molar-refractivity contribution < 1.29 is 4.79 Å². The summed E-state index contributed by atoms with van der Waals surface area (Å²) in [6.07, 6.45) is 3.24. The largest absolute Gasteiger partial charge is 0.356 e. The van der Waals surface area contributed by atoms with Gasteiger partial charge in [0, 0.05) is 31.3 Å². The molecule has 1 saturated heterocycles. The molecule has 1 aromatic carbocycles. The van der Waals surface area contributed by atoms with Crippen LogP contribution in [-0.4, -0.2) is 35.5 Å². The van der Waals surface area contributed by atoms with Gasteiger partial charge < -0.3 is 10.2 Å². The van der Waals surface area contributed by atoms with Crippen molar-refractivity contribution >= 4 is 11.7 Å². The molecule has 0 spiro atoms. The van der Waals surface area contributed by atoms with Gasteiger partial charge in [-0.05, 0) is 19.3 Å². The molecule has 2 aromatic rings. The summed E-state index contributed by atoms with van der Waals surface area (Å²) < 4.78 is 0. The molecule has 0 atom stereocenters. The van der Waals surface area contributed by atoms with Gasteiger partial charge in [-0.3, -0.25) is 4.79 Å². The molecule has 23 heavy (non-hydrogen) atoms. The molecule has 1 amide bonds. The van der Waals surface area contributed by atoms with Crippen molar-refractivity contribution in [3.63, 3.8) is 0 Å². The molecule has 5 heteroatoms. The summed E-state index contributed by atoms with van der Waals surface area (Å²) in [5.41, 5.74) is 1.37. The van der Waals surface area contributed by atoms with Crippen molar-refractivity contribution in [2.75, 3.05) is 24.5 Å². The molecule has 1 fully saturated rings. The first-order chi connectivity index (χ1) is 11.3. The van der Waals surface area contributed by atoms with E-state index in [-0.39, 0.29) is 5.91 Å². The normalized spacial score (nSPS) is 14.0.